The van der Waals surface area contributed by atoms with Gasteiger partial charge in [-0.3, -0.25) is 4.79 Å². The maximum atomic E-state index is 12.4. The third-order valence-corrected chi connectivity index (χ3v) is 4.73. The number of carbonyl (C=O) groups is 2. The Kier molecular flexibility index (Phi) is 6.13. The molecular weight excluding hydrogens is 394 g/mol. The summed E-state index contributed by atoms with van der Waals surface area (Å²) in [6.07, 6.45) is 1.82. The zero-order chi connectivity index (χ0) is 21.1. The van der Waals surface area contributed by atoms with Crippen molar-refractivity contribution in [2.45, 2.75) is 33.8 Å². The molecule has 1 aliphatic rings. The van der Waals surface area contributed by atoms with Gasteiger partial charge >= 0.3 is 5.97 Å². The molecule has 6 nitrogen and oxygen atoms in total. The number of esters is 1. The van der Waals surface area contributed by atoms with Gasteiger partial charge in [0.25, 0.3) is 5.91 Å². The topological polar surface area (TPSA) is 73.9 Å². The van der Waals surface area contributed by atoms with Crippen molar-refractivity contribution in [1.82, 2.24) is 0 Å². The van der Waals surface area contributed by atoms with E-state index in [1.54, 1.807) is 12.1 Å². The molecule has 1 amide bonds. The predicted octanol–water partition coefficient (Wildman–Crippen LogP) is 4.58. The van der Waals surface area contributed by atoms with Gasteiger partial charge in [0.15, 0.2) is 17.6 Å². The number of carbonyl (C=O) groups excluding carboxylic acids is 2. The van der Waals surface area contributed by atoms with E-state index in [-0.39, 0.29) is 6.79 Å². The first-order valence-electron chi connectivity index (χ1n) is 9.11. The van der Waals surface area contributed by atoms with E-state index in [1.165, 1.54) is 19.1 Å². The molecule has 1 heterocycles. The summed E-state index contributed by atoms with van der Waals surface area (Å²) in [5.74, 6) is -0.0350. The Morgan fingerprint density at radius 3 is 2.52 bits per heavy atom. The molecule has 152 valence electrons. The molecule has 1 aliphatic heterocycles. The quantitative estimate of drug-likeness (QED) is 0.571. The number of ether oxygens (including phenoxy) is 3. The maximum Gasteiger partial charge on any atom is 0.331 e. The van der Waals surface area contributed by atoms with Crippen LogP contribution in [0, 0.1) is 20.8 Å². The summed E-state index contributed by atoms with van der Waals surface area (Å²) in [7, 11) is 0. The normalized spacial score (nSPS) is 13.4. The van der Waals surface area contributed by atoms with Gasteiger partial charge in [0.05, 0.1) is 5.02 Å². The predicted molar refractivity (Wildman–Crippen MR) is 111 cm³/mol. The summed E-state index contributed by atoms with van der Waals surface area (Å²) in [6.45, 7) is 7.47. The number of hydrogen-bond acceptors (Lipinski definition) is 5. The highest BCUT2D eigenvalue weighted by Crippen LogP contribution is 2.40. The van der Waals surface area contributed by atoms with E-state index >= 15 is 0 Å². The van der Waals surface area contributed by atoms with Crippen LogP contribution in [0.15, 0.2) is 30.3 Å². The Balaban J connectivity index is 1.61. The molecule has 0 aliphatic carbocycles. The molecule has 0 saturated carbocycles. The number of hydrogen-bond donors (Lipinski definition) is 1. The Morgan fingerprint density at radius 1 is 1.14 bits per heavy atom. The van der Waals surface area contributed by atoms with Gasteiger partial charge in [-0.2, -0.15) is 0 Å². The van der Waals surface area contributed by atoms with E-state index in [1.807, 2.05) is 32.9 Å². The van der Waals surface area contributed by atoms with Gasteiger partial charge in [0.2, 0.25) is 6.79 Å². The molecular formula is C22H22ClNO5. The Labute approximate surface area is 174 Å². The molecule has 0 unspecified atom stereocenters. The monoisotopic (exact) mass is 415 g/mol. The number of anilines is 1. The number of aryl methyl sites for hydroxylation is 3. The third-order valence-electron chi connectivity index (χ3n) is 4.45. The number of nitrogens with one attached hydrogen (secondary N) is 1. The minimum Gasteiger partial charge on any atom is -0.454 e. The zero-order valence-electron chi connectivity index (χ0n) is 16.7. The van der Waals surface area contributed by atoms with E-state index in [4.69, 9.17) is 25.8 Å². The van der Waals surface area contributed by atoms with Gasteiger partial charge in [0, 0.05) is 11.8 Å². The average molecular weight is 416 g/mol. The van der Waals surface area contributed by atoms with E-state index in [0.29, 0.717) is 22.1 Å². The van der Waals surface area contributed by atoms with Crippen molar-refractivity contribution in [1.29, 1.82) is 0 Å². The molecule has 0 radical (unpaired) electrons. The lowest BCUT2D eigenvalue weighted by atomic mass is 10.0. The highest BCUT2D eigenvalue weighted by Gasteiger charge is 2.19. The first kappa shape index (κ1) is 20.7. The van der Waals surface area contributed by atoms with E-state index in [2.05, 4.69) is 5.32 Å². The van der Waals surface area contributed by atoms with Crippen molar-refractivity contribution in [3.63, 3.8) is 0 Å². The van der Waals surface area contributed by atoms with Gasteiger partial charge in [-0.05, 0) is 62.6 Å². The van der Waals surface area contributed by atoms with Gasteiger partial charge in [0.1, 0.15) is 0 Å². The van der Waals surface area contributed by atoms with Crippen molar-refractivity contribution in [2.75, 3.05) is 12.1 Å². The van der Waals surface area contributed by atoms with Crippen LogP contribution in [0.25, 0.3) is 6.08 Å². The summed E-state index contributed by atoms with van der Waals surface area (Å²) >= 11 is 6.12. The standard InChI is InChI=1S/C22H22ClNO5/c1-12-7-13(2)20(14(3)8-12)24-22(26)15(4)29-19(25)6-5-16-9-17(23)21-18(10-16)27-11-28-21/h5-10,15H,11H2,1-4H3,(H,24,26)/b6-5+/t15-/m1/s1. The van der Waals surface area contributed by atoms with Crippen molar-refractivity contribution in [2.24, 2.45) is 0 Å². The summed E-state index contributed by atoms with van der Waals surface area (Å²) in [5, 5.41) is 3.23. The van der Waals surface area contributed by atoms with Crippen molar-refractivity contribution >= 4 is 35.2 Å². The highest BCUT2D eigenvalue weighted by atomic mass is 35.5. The van der Waals surface area contributed by atoms with Crippen LogP contribution < -0.4 is 14.8 Å². The molecule has 2 aromatic carbocycles. The zero-order valence-corrected chi connectivity index (χ0v) is 17.4. The van der Waals surface area contributed by atoms with E-state index in [0.717, 1.165) is 22.4 Å². The van der Waals surface area contributed by atoms with Gasteiger partial charge in [-0.15, -0.1) is 0 Å². The average Bonchev–Trinajstić information content (AvgIpc) is 3.12. The molecule has 2 aromatic rings. The van der Waals surface area contributed by atoms with Crippen molar-refractivity contribution < 1.29 is 23.8 Å². The molecule has 1 N–H and O–H groups in total. The van der Waals surface area contributed by atoms with Gasteiger partial charge in [-0.1, -0.05) is 29.3 Å². The van der Waals surface area contributed by atoms with Crippen LogP contribution >= 0.6 is 11.6 Å². The van der Waals surface area contributed by atoms with Gasteiger partial charge < -0.3 is 19.5 Å². The fraction of sp³-hybridized carbons (Fsp3) is 0.273. The third kappa shape index (κ3) is 4.90. The Morgan fingerprint density at radius 2 is 1.83 bits per heavy atom. The molecule has 0 aromatic heterocycles. The molecule has 7 heteroatoms. The second kappa shape index (κ2) is 8.57. The highest BCUT2D eigenvalue weighted by molar-refractivity contribution is 6.32. The molecule has 0 saturated heterocycles. The minimum atomic E-state index is -0.951. The first-order chi connectivity index (χ1) is 13.7. The molecule has 1 atom stereocenters. The molecule has 0 bridgehead atoms. The summed E-state index contributed by atoms with van der Waals surface area (Å²) in [4.78, 5) is 24.5. The fourth-order valence-electron chi connectivity index (χ4n) is 3.12. The first-order valence-corrected chi connectivity index (χ1v) is 9.49. The lowest BCUT2D eigenvalue weighted by Crippen LogP contribution is -2.30. The van der Waals surface area contributed by atoms with Crippen LogP contribution in [0.4, 0.5) is 5.69 Å². The number of rotatable bonds is 5. The molecule has 0 fully saturated rings. The lowest BCUT2D eigenvalue weighted by molar-refractivity contribution is -0.148. The second-order valence-corrected chi connectivity index (χ2v) is 7.32. The van der Waals surface area contributed by atoms with Crippen LogP contribution in [0.1, 0.15) is 29.2 Å². The van der Waals surface area contributed by atoms with Crippen LogP contribution in [-0.2, 0) is 14.3 Å². The maximum absolute atomic E-state index is 12.4. The SMILES string of the molecule is Cc1cc(C)c(NC(=O)[C@@H](C)OC(=O)/C=C/c2cc(Cl)c3c(c2)OCO3)c(C)c1. The van der Waals surface area contributed by atoms with E-state index < -0.39 is 18.0 Å². The smallest absolute Gasteiger partial charge is 0.331 e. The Hall–Kier alpha value is -2.99. The number of fused-ring (bicyclic) bond motifs is 1. The van der Waals surface area contributed by atoms with Crippen LogP contribution in [-0.4, -0.2) is 24.8 Å². The van der Waals surface area contributed by atoms with Crippen LogP contribution in [0.5, 0.6) is 11.5 Å². The van der Waals surface area contributed by atoms with E-state index in [9.17, 15) is 9.59 Å². The molecule has 3 rings (SSSR count). The lowest BCUT2D eigenvalue weighted by Gasteiger charge is -2.16. The summed E-state index contributed by atoms with van der Waals surface area (Å²) < 4.78 is 15.7. The summed E-state index contributed by atoms with van der Waals surface area (Å²) in [6, 6.07) is 7.33. The summed E-state index contributed by atoms with van der Waals surface area (Å²) in [5.41, 5.74) is 4.41. The van der Waals surface area contributed by atoms with Crippen molar-refractivity contribution in [3.8, 4) is 11.5 Å². The molecule has 0 spiro atoms. The molecule has 29 heavy (non-hydrogen) atoms. The minimum absolute atomic E-state index is 0.108. The fourth-order valence-corrected chi connectivity index (χ4v) is 3.39. The number of benzene rings is 2. The second-order valence-electron chi connectivity index (χ2n) is 6.91. The van der Waals surface area contributed by atoms with Crippen LogP contribution in [0.2, 0.25) is 5.02 Å². The van der Waals surface area contributed by atoms with Crippen LogP contribution in [0.3, 0.4) is 0 Å². The number of amides is 1. The number of halogens is 1. The van der Waals surface area contributed by atoms with Gasteiger partial charge in [-0.25, -0.2) is 4.79 Å². The Bertz CT molecular complexity index is 976. The van der Waals surface area contributed by atoms with Crippen molar-refractivity contribution in [3.05, 3.63) is 57.6 Å². The largest absolute Gasteiger partial charge is 0.454 e.